The van der Waals surface area contributed by atoms with Gasteiger partial charge in [-0.05, 0) is 45.0 Å². The zero-order chi connectivity index (χ0) is 11.0. The van der Waals surface area contributed by atoms with Crippen molar-refractivity contribution in [1.29, 1.82) is 0 Å². The first-order chi connectivity index (χ1) is 7.76. The van der Waals surface area contributed by atoms with E-state index >= 15 is 0 Å². The third-order valence-electron chi connectivity index (χ3n) is 3.91. The minimum atomic E-state index is 0.537. The lowest BCUT2D eigenvalue weighted by Crippen LogP contribution is -2.50. The fraction of sp³-hybridized carbons (Fsp3) is 0.692. The molecule has 3 heteroatoms. The number of furan rings is 1. The summed E-state index contributed by atoms with van der Waals surface area (Å²) in [5.74, 6) is 2.11. The second-order valence-electron chi connectivity index (χ2n) is 5.28. The molecule has 0 aromatic carbocycles. The average Bonchev–Trinajstić information content (AvgIpc) is 2.63. The van der Waals surface area contributed by atoms with Crippen molar-refractivity contribution in [3.05, 3.63) is 23.7 Å². The maximum Gasteiger partial charge on any atom is 0.118 e. The van der Waals surface area contributed by atoms with Gasteiger partial charge in [0, 0.05) is 5.41 Å². The van der Waals surface area contributed by atoms with Gasteiger partial charge in [0.1, 0.15) is 11.5 Å². The fourth-order valence-electron chi connectivity index (χ4n) is 2.66. The topological polar surface area (TPSA) is 25.6 Å². The van der Waals surface area contributed by atoms with Gasteiger partial charge in [-0.3, -0.25) is 4.90 Å². The predicted molar refractivity (Wildman–Crippen MR) is 61.2 cm³/mol. The fourth-order valence-corrected chi connectivity index (χ4v) is 2.66. The summed E-state index contributed by atoms with van der Waals surface area (Å²) in [5.41, 5.74) is 0.537. The molecule has 2 aliphatic heterocycles. The summed E-state index contributed by atoms with van der Waals surface area (Å²) < 4.78 is 10.9. The Bertz CT molecular complexity index is 358. The second kappa shape index (κ2) is 3.90. The molecule has 0 amide bonds. The van der Waals surface area contributed by atoms with E-state index in [1.807, 2.05) is 13.0 Å². The average molecular weight is 221 g/mol. The van der Waals surface area contributed by atoms with E-state index < -0.39 is 0 Å². The first kappa shape index (κ1) is 10.4. The Hall–Kier alpha value is -0.800. The lowest BCUT2D eigenvalue weighted by molar-refractivity contribution is -0.140. The normalized spacial score (nSPS) is 24.6. The van der Waals surface area contributed by atoms with Crippen molar-refractivity contribution in [2.75, 3.05) is 26.3 Å². The molecule has 0 atom stereocenters. The molecular formula is C13H19NO2. The molecule has 1 aromatic rings. The van der Waals surface area contributed by atoms with Crippen molar-refractivity contribution in [2.24, 2.45) is 5.41 Å². The Morgan fingerprint density at radius 2 is 2.00 bits per heavy atom. The zero-order valence-corrected chi connectivity index (χ0v) is 9.87. The van der Waals surface area contributed by atoms with Gasteiger partial charge in [-0.2, -0.15) is 0 Å². The van der Waals surface area contributed by atoms with E-state index in [4.69, 9.17) is 9.15 Å². The highest BCUT2D eigenvalue weighted by molar-refractivity contribution is 5.05. The first-order valence-corrected chi connectivity index (χ1v) is 6.11. The number of nitrogens with zero attached hydrogens (tertiary/aromatic N) is 1. The molecule has 2 fully saturated rings. The molecule has 1 spiro atoms. The van der Waals surface area contributed by atoms with E-state index in [-0.39, 0.29) is 0 Å². The summed E-state index contributed by atoms with van der Waals surface area (Å²) in [6.45, 7) is 7.30. The van der Waals surface area contributed by atoms with Crippen LogP contribution < -0.4 is 0 Å². The van der Waals surface area contributed by atoms with Gasteiger partial charge in [0.05, 0.1) is 19.8 Å². The zero-order valence-electron chi connectivity index (χ0n) is 9.87. The van der Waals surface area contributed by atoms with Crippen molar-refractivity contribution in [3.63, 3.8) is 0 Å². The van der Waals surface area contributed by atoms with Crippen LogP contribution in [-0.4, -0.2) is 31.2 Å². The third-order valence-corrected chi connectivity index (χ3v) is 3.91. The molecule has 3 heterocycles. The van der Waals surface area contributed by atoms with Crippen LogP contribution in [0.3, 0.4) is 0 Å². The van der Waals surface area contributed by atoms with Gasteiger partial charge in [-0.1, -0.05) is 0 Å². The minimum Gasteiger partial charge on any atom is -0.465 e. The molecule has 3 rings (SSSR count). The van der Waals surface area contributed by atoms with Gasteiger partial charge in [0.2, 0.25) is 0 Å². The number of rotatable bonds is 2. The van der Waals surface area contributed by atoms with Gasteiger partial charge in [0.15, 0.2) is 0 Å². The smallest absolute Gasteiger partial charge is 0.118 e. The molecule has 0 bridgehead atoms. The molecule has 2 saturated heterocycles. The predicted octanol–water partition coefficient (Wildman–Crippen LogP) is 2.20. The number of likely N-dealkylation sites (tertiary alicyclic amines) is 1. The largest absolute Gasteiger partial charge is 0.465 e. The van der Waals surface area contributed by atoms with Crippen LogP contribution in [-0.2, 0) is 11.3 Å². The summed E-state index contributed by atoms with van der Waals surface area (Å²) in [6, 6.07) is 4.13. The maximum absolute atomic E-state index is 5.61. The Labute approximate surface area is 96.4 Å². The molecule has 0 aliphatic carbocycles. The molecule has 0 N–H and O–H groups in total. The second-order valence-corrected chi connectivity index (χ2v) is 5.28. The molecular weight excluding hydrogens is 202 g/mol. The van der Waals surface area contributed by atoms with Crippen LogP contribution in [0.2, 0.25) is 0 Å². The first-order valence-electron chi connectivity index (χ1n) is 6.11. The van der Waals surface area contributed by atoms with Crippen molar-refractivity contribution < 1.29 is 9.15 Å². The standard InChI is InChI=1S/C13H19NO2/c1-11-2-3-12(16-11)8-14-6-4-13(5-7-14)9-15-10-13/h2-3H,4-10H2,1H3. The molecule has 0 saturated carbocycles. The summed E-state index contributed by atoms with van der Waals surface area (Å²) in [5, 5.41) is 0. The van der Waals surface area contributed by atoms with Crippen LogP contribution in [0.25, 0.3) is 0 Å². The Balaban J connectivity index is 1.54. The van der Waals surface area contributed by atoms with Crippen LogP contribution in [0.1, 0.15) is 24.4 Å². The van der Waals surface area contributed by atoms with E-state index in [1.165, 1.54) is 25.9 Å². The van der Waals surface area contributed by atoms with E-state index in [0.717, 1.165) is 31.3 Å². The number of aryl methyl sites for hydroxylation is 1. The van der Waals surface area contributed by atoms with Crippen molar-refractivity contribution in [3.8, 4) is 0 Å². The molecule has 16 heavy (non-hydrogen) atoms. The van der Waals surface area contributed by atoms with Gasteiger partial charge >= 0.3 is 0 Å². The van der Waals surface area contributed by atoms with Crippen molar-refractivity contribution >= 4 is 0 Å². The van der Waals surface area contributed by atoms with E-state index in [2.05, 4.69) is 11.0 Å². The minimum absolute atomic E-state index is 0.537. The SMILES string of the molecule is Cc1ccc(CN2CCC3(CC2)COC3)o1. The number of ether oxygens (including phenoxy) is 1. The quantitative estimate of drug-likeness (QED) is 0.765. The van der Waals surface area contributed by atoms with E-state index in [0.29, 0.717) is 5.41 Å². The van der Waals surface area contributed by atoms with E-state index in [9.17, 15) is 0 Å². The lowest BCUT2D eigenvalue weighted by atomic mass is 9.77. The lowest BCUT2D eigenvalue weighted by Gasteiger charge is -2.47. The van der Waals surface area contributed by atoms with Crippen molar-refractivity contribution in [2.45, 2.75) is 26.3 Å². The third kappa shape index (κ3) is 1.89. The number of piperidine rings is 1. The maximum atomic E-state index is 5.61. The molecule has 3 nitrogen and oxygen atoms in total. The van der Waals surface area contributed by atoms with Crippen LogP contribution in [0.15, 0.2) is 16.5 Å². The van der Waals surface area contributed by atoms with Gasteiger partial charge in [0.25, 0.3) is 0 Å². The highest BCUT2D eigenvalue weighted by atomic mass is 16.5. The summed E-state index contributed by atoms with van der Waals surface area (Å²) in [6.07, 6.45) is 2.57. The van der Waals surface area contributed by atoms with Crippen LogP contribution in [0, 0.1) is 12.3 Å². The summed E-state index contributed by atoms with van der Waals surface area (Å²) >= 11 is 0. The van der Waals surface area contributed by atoms with Crippen LogP contribution in [0.5, 0.6) is 0 Å². The Kier molecular flexibility index (Phi) is 2.52. The molecule has 88 valence electrons. The molecule has 0 radical (unpaired) electrons. The van der Waals surface area contributed by atoms with E-state index in [1.54, 1.807) is 0 Å². The Morgan fingerprint density at radius 3 is 2.50 bits per heavy atom. The summed E-state index contributed by atoms with van der Waals surface area (Å²) in [7, 11) is 0. The molecule has 1 aromatic heterocycles. The number of hydrogen-bond acceptors (Lipinski definition) is 3. The van der Waals surface area contributed by atoms with Crippen LogP contribution in [0.4, 0.5) is 0 Å². The molecule has 2 aliphatic rings. The monoisotopic (exact) mass is 221 g/mol. The van der Waals surface area contributed by atoms with Gasteiger partial charge in [-0.15, -0.1) is 0 Å². The summed E-state index contributed by atoms with van der Waals surface area (Å²) in [4.78, 5) is 2.49. The van der Waals surface area contributed by atoms with Gasteiger partial charge < -0.3 is 9.15 Å². The van der Waals surface area contributed by atoms with Gasteiger partial charge in [-0.25, -0.2) is 0 Å². The highest BCUT2D eigenvalue weighted by Gasteiger charge is 2.41. The van der Waals surface area contributed by atoms with Crippen molar-refractivity contribution in [1.82, 2.24) is 4.90 Å². The highest BCUT2D eigenvalue weighted by Crippen LogP contribution is 2.38. The molecule has 0 unspecified atom stereocenters. The number of hydrogen-bond donors (Lipinski definition) is 0. The Morgan fingerprint density at radius 1 is 1.25 bits per heavy atom. The van der Waals surface area contributed by atoms with Crippen LogP contribution >= 0.6 is 0 Å².